The predicted molar refractivity (Wildman–Crippen MR) is 58.3 cm³/mol. The second-order valence-corrected chi connectivity index (χ2v) is 3.30. The zero-order valence-corrected chi connectivity index (χ0v) is 9.01. The highest BCUT2D eigenvalue weighted by Crippen LogP contribution is 2.10. The molecule has 1 rings (SSSR count). The molecule has 1 atom stereocenters. The standard InChI is InChI=1S/C11H15NO4/c1-16-9-4-2-8(3-5-9)6-12-10(7-13)11(14)15/h2-5,10,12-13H,6-7H2,1H3,(H,14,15)/t10-/m1/s1. The molecule has 1 aromatic carbocycles. The number of methoxy groups -OCH3 is 1. The number of aliphatic hydroxyl groups is 1. The van der Waals surface area contributed by atoms with Gasteiger partial charge in [-0.1, -0.05) is 12.1 Å². The van der Waals surface area contributed by atoms with Crippen molar-refractivity contribution in [2.45, 2.75) is 12.6 Å². The van der Waals surface area contributed by atoms with E-state index >= 15 is 0 Å². The quantitative estimate of drug-likeness (QED) is 0.646. The molecule has 0 saturated heterocycles. The van der Waals surface area contributed by atoms with Crippen molar-refractivity contribution in [2.24, 2.45) is 0 Å². The van der Waals surface area contributed by atoms with Crippen molar-refractivity contribution in [2.75, 3.05) is 13.7 Å². The molecule has 0 aliphatic rings. The van der Waals surface area contributed by atoms with Crippen LogP contribution in [0.15, 0.2) is 24.3 Å². The first kappa shape index (κ1) is 12.5. The predicted octanol–water partition coefficient (Wildman–Crippen LogP) is 0.230. The van der Waals surface area contributed by atoms with Crippen molar-refractivity contribution in [1.29, 1.82) is 0 Å². The number of hydrogen-bond acceptors (Lipinski definition) is 4. The van der Waals surface area contributed by atoms with Crippen LogP contribution in [0.2, 0.25) is 0 Å². The van der Waals surface area contributed by atoms with E-state index in [4.69, 9.17) is 14.9 Å². The molecule has 0 fully saturated rings. The maximum Gasteiger partial charge on any atom is 0.323 e. The molecular formula is C11H15NO4. The van der Waals surface area contributed by atoms with Crippen molar-refractivity contribution >= 4 is 5.97 Å². The van der Waals surface area contributed by atoms with E-state index in [-0.39, 0.29) is 0 Å². The second-order valence-electron chi connectivity index (χ2n) is 3.30. The van der Waals surface area contributed by atoms with Crippen molar-refractivity contribution in [3.63, 3.8) is 0 Å². The monoisotopic (exact) mass is 225 g/mol. The van der Waals surface area contributed by atoms with Crippen LogP contribution in [0.5, 0.6) is 5.75 Å². The minimum atomic E-state index is -1.06. The van der Waals surface area contributed by atoms with Crippen LogP contribution in [0.3, 0.4) is 0 Å². The Kier molecular flexibility index (Phi) is 4.75. The number of benzene rings is 1. The van der Waals surface area contributed by atoms with E-state index in [0.29, 0.717) is 6.54 Å². The second kappa shape index (κ2) is 6.09. The molecule has 0 saturated carbocycles. The van der Waals surface area contributed by atoms with Crippen molar-refractivity contribution in [1.82, 2.24) is 5.32 Å². The summed E-state index contributed by atoms with van der Waals surface area (Å²) in [4.78, 5) is 10.6. The summed E-state index contributed by atoms with van der Waals surface area (Å²) in [6.45, 7) is -0.0347. The third-order valence-electron chi connectivity index (χ3n) is 2.19. The molecule has 0 amide bonds. The fraction of sp³-hybridized carbons (Fsp3) is 0.364. The molecule has 16 heavy (non-hydrogen) atoms. The summed E-state index contributed by atoms with van der Waals surface area (Å²) in [5, 5.41) is 20.2. The summed E-state index contributed by atoms with van der Waals surface area (Å²) in [5.74, 6) is -0.309. The topological polar surface area (TPSA) is 78.8 Å². The van der Waals surface area contributed by atoms with Crippen LogP contribution in [0.25, 0.3) is 0 Å². The van der Waals surface area contributed by atoms with E-state index in [0.717, 1.165) is 11.3 Å². The first-order valence-electron chi connectivity index (χ1n) is 4.87. The number of carboxylic acids is 1. The van der Waals surface area contributed by atoms with Gasteiger partial charge in [-0.15, -0.1) is 0 Å². The minimum Gasteiger partial charge on any atom is -0.497 e. The van der Waals surface area contributed by atoms with Crippen LogP contribution in [0.4, 0.5) is 0 Å². The Morgan fingerprint density at radius 2 is 2.06 bits per heavy atom. The smallest absolute Gasteiger partial charge is 0.323 e. The number of aliphatic carboxylic acids is 1. The zero-order chi connectivity index (χ0) is 12.0. The molecule has 0 radical (unpaired) electrons. The number of carboxylic acid groups (broad SMARTS) is 1. The van der Waals surface area contributed by atoms with E-state index in [2.05, 4.69) is 5.32 Å². The van der Waals surface area contributed by atoms with E-state index in [1.54, 1.807) is 19.2 Å². The van der Waals surface area contributed by atoms with Crippen LogP contribution in [-0.2, 0) is 11.3 Å². The van der Waals surface area contributed by atoms with Gasteiger partial charge in [0.05, 0.1) is 13.7 Å². The highest BCUT2D eigenvalue weighted by molar-refractivity contribution is 5.73. The number of ether oxygens (including phenoxy) is 1. The Bertz CT molecular complexity index is 336. The van der Waals surface area contributed by atoms with Crippen molar-refractivity contribution < 1.29 is 19.7 Å². The maximum atomic E-state index is 10.6. The van der Waals surface area contributed by atoms with E-state index in [1.807, 2.05) is 12.1 Å². The fourth-order valence-electron chi connectivity index (χ4n) is 1.21. The molecule has 88 valence electrons. The lowest BCUT2D eigenvalue weighted by Gasteiger charge is -2.11. The molecule has 0 aliphatic heterocycles. The molecule has 0 bridgehead atoms. The van der Waals surface area contributed by atoms with Gasteiger partial charge < -0.3 is 14.9 Å². The summed E-state index contributed by atoms with van der Waals surface area (Å²) < 4.78 is 5.00. The molecule has 1 aromatic rings. The van der Waals surface area contributed by atoms with E-state index in [1.165, 1.54) is 0 Å². The van der Waals surface area contributed by atoms with Crippen LogP contribution >= 0.6 is 0 Å². The first-order chi connectivity index (χ1) is 7.67. The van der Waals surface area contributed by atoms with Gasteiger partial charge in [0, 0.05) is 6.54 Å². The number of rotatable bonds is 6. The van der Waals surface area contributed by atoms with E-state index in [9.17, 15) is 4.79 Å². The van der Waals surface area contributed by atoms with Gasteiger partial charge in [0.25, 0.3) is 0 Å². The van der Waals surface area contributed by atoms with Gasteiger partial charge in [0.1, 0.15) is 11.8 Å². The van der Waals surface area contributed by atoms with Crippen LogP contribution in [0.1, 0.15) is 5.56 Å². The van der Waals surface area contributed by atoms with E-state index < -0.39 is 18.6 Å². The summed E-state index contributed by atoms with van der Waals surface area (Å²) in [7, 11) is 1.58. The summed E-state index contributed by atoms with van der Waals surface area (Å²) in [6.07, 6.45) is 0. The third kappa shape index (κ3) is 3.52. The van der Waals surface area contributed by atoms with Gasteiger partial charge in [-0.05, 0) is 17.7 Å². The van der Waals surface area contributed by atoms with Crippen LogP contribution < -0.4 is 10.1 Å². The zero-order valence-electron chi connectivity index (χ0n) is 9.01. The van der Waals surface area contributed by atoms with Gasteiger partial charge >= 0.3 is 5.97 Å². The number of carbonyl (C=O) groups is 1. The molecule has 5 nitrogen and oxygen atoms in total. The van der Waals surface area contributed by atoms with Gasteiger partial charge in [0.15, 0.2) is 0 Å². The van der Waals surface area contributed by atoms with Crippen LogP contribution in [-0.4, -0.2) is 35.9 Å². The van der Waals surface area contributed by atoms with Gasteiger partial charge in [-0.2, -0.15) is 0 Å². The Hall–Kier alpha value is -1.59. The lowest BCUT2D eigenvalue weighted by Crippen LogP contribution is -2.39. The average Bonchev–Trinajstić information content (AvgIpc) is 2.30. The average molecular weight is 225 g/mol. The Labute approximate surface area is 93.7 Å². The molecule has 5 heteroatoms. The minimum absolute atomic E-state index is 0.390. The molecular weight excluding hydrogens is 210 g/mol. The lowest BCUT2D eigenvalue weighted by molar-refractivity contribution is -0.140. The summed E-state index contributed by atoms with van der Waals surface area (Å²) in [5.41, 5.74) is 0.931. The molecule has 3 N–H and O–H groups in total. The van der Waals surface area contributed by atoms with Gasteiger partial charge in [0.2, 0.25) is 0 Å². The Morgan fingerprint density at radius 1 is 1.44 bits per heavy atom. The molecule has 0 aromatic heterocycles. The highest BCUT2D eigenvalue weighted by atomic mass is 16.5. The molecule has 0 unspecified atom stereocenters. The van der Waals surface area contributed by atoms with Crippen molar-refractivity contribution in [3.05, 3.63) is 29.8 Å². The first-order valence-corrected chi connectivity index (χ1v) is 4.87. The highest BCUT2D eigenvalue weighted by Gasteiger charge is 2.14. The Balaban J connectivity index is 2.50. The van der Waals surface area contributed by atoms with Gasteiger partial charge in [-0.25, -0.2) is 0 Å². The molecule has 0 heterocycles. The van der Waals surface area contributed by atoms with Gasteiger partial charge in [-0.3, -0.25) is 10.1 Å². The lowest BCUT2D eigenvalue weighted by atomic mass is 10.2. The summed E-state index contributed by atoms with van der Waals surface area (Å²) in [6, 6.07) is 6.34. The number of aliphatic hydroxyl groups excluding tert-OH is 1. The molecule has 0 aliphatic carbocycles. The van der Waals surface area contributed by atoms with Crippen LogP contribution in [0, 0.1) is 0 Å². The fourth-order valence-corrected chi connectivity index (χ4v) is 1.21. The normalized spacial score (nSPS) is 12.1. The Morgan fingerprint density at radius 3 is 2.50 bits per heavy atom. The number of nitrogens with one attached hydrogen (secondary N) is 1. The number of hydrogen-bond donors (Lipinski definition) is 3. The maximum absolute atomic E-state index is 10.6. The third-order valence-corrected chi connectivity index (χ3v) is 2.19. The summed E-state index contributed by atoms with van der Waals surface area (Å²) >= 11 is 0. The molecule has 0 spiro atoms. The largest absolute Gasteiger partial charge is 0.497 e. The van der Waals surface area contributed by atoms with Crippen molar-refractivity contribution in [3.8, 4) is 5.75 Å². The SMILES string of the molecule is COc1ccc(CN[C@H](CO)C(=O)O)cc1.